The van der Waals surface area contributed by atoms with Gasteiger partial charge in [0.25, 0.3) is 0 Å². The minimum atomic E-state index is -0.543. The Balaban J connectivity index is 2.42. The lowest BCUT2D eigenvalue weighted by atomic mass is 10.1. The largest absolute Gasteiger partial charge is 0.396 e. The lowest BCUT2D eigenvalue weighted by molar-refractivity contribution is -0.123. The zero-order valence-corrected chi connectivity index (χ0v) is 10.1. The first-order chi connectivity index (χ1) is 8.13. The first-order valence-corrected chi connectivity index (χ1v) is 5.84. The maximum absolute atomic E-state index is 11.7. The second-order valence-corrected chi connectivity index (χ2v) is 4.22. The predicted molar refractivity (Wildman–Crippen MR) is 67.4 cm³/mol. The molecule has 0 aliphatic heterocycles. The van der Waals surface area contributed by atoms with E-state index in [0.717, 1.165) is 5.56 Å². The molecule has 0 saturated heterocycles. The molecular formula is C13H20N2O2. The molecule has 94 valence electrons. The van der Waals surface area contributed by atoms with Crippen LogP contribution in [0.1, 0.15) is 18.9 Å². The summed E-state index contributed by atoms with van der Waals surface area (Å²) in [7, 11) is 0. The van der Waals surface area contributed by atoms with Gasteiger partial charge in [-0.1, -0.05) is 30.3 Å². The molecular weight excluding hydrogens is 216 g/mol. The molecule has 0 saturated carbocycles. The minimum absolute atomic E-state index is 0.0469. The van der Waals surface area contributed by atoms with Crippen molar-refractivity contribution in [3.63, 3.8) is 0 Å². The summed E-state index contributed by atoms with van der Waals surface area (Å²) < 4.78 is 0. The zero-order valence-electron chi connectivity index (χ0n) is 10.1. The molecule has 1 unspecified atom stereocenters. The van der Waals surface area contributed by atoms with Crippen LogP contribution in [-0.4, -0.2) is 29.7 Å². The van der Waals surface area contributed by atoms with Gasteiger partial charge < -0.3 is 16.2 Å². The lowest BCUT2D eigenvalue weighted by Gasteiger charge is -2.16. The monoisotopic (exact) mass is 236 g/mol. The summed E-state index contributed by atoms with van der Waals surface area (Å²) >= 11 is 0. The van der Waals surface area contributed by atoms with E-state index in [1.165, 1.54) is 0 Å². The van der Waals surface area contributed by atoms with Crippen molar-refractivity contribution in [3.8, 4) is 0 Å². The van der Waals surface area contributed by atoms with Crippen LogP contribution in [0.25, 0.3) is 0 Å². The number of carbonyl (C=O) groups excluding carboxylic acids is 1. The van der Waals surface area contributed by atoms with E-state index >= 15 is 0 Å². The van der Waals surface area contributed by atoms with Crippen LogP contribution in [0, 0.1) is 0 Å². The Labute approximate surface area is 102 Å². The van der Waals surface area contributed by atoms with Crippen molar-refractivity contribution < 1.29 is 9.90 Å². The summed E-state index contributed by atoms with van der Waals surface area (Å²) in [5, 5.41) is 11.5. The van der Waals surface area contributed by atoms with E-state index in [-0.39, 0.29) is 18.6 Å². The van der Waals surface area contributed by atoms with Crippen molar-refractivity contribution in [3.05, 3.63) is 35.9 Å². The van der Waals surface area contributed by atoms with Crippen LogP contribution in [0.3, 0.4) is 0 Å². The Morgan fingerprint density at radius 2 is 2.06 bits per heavy atom. The molecule has 0 aromatic heterocycles. The molecule has 1 rings (SSSR count). The van der Waals surface area contributed by atoms with Gasteiger partial charge in [0.15, 0.2) is 0 Å². The quantitative estimate of drug-likeness (QED) is 0.671. The minimum Gasteiger partial charge on any atom is -0.396 e. The van der Waals surface area contributed by atoms with Gasteiger partial charge in [-0.25, -0.2) is 0 Å². The highest BCUT2D eigenvalue weighted by atomic mass is 16.3. The number of hydrogen-bond donors (Lipinski definition) is 3. The maximum Gasteiger partial charge on any atom is 0.237 e. The van der Waals surface area contributed by atoms with E-state index in [1.807, 2.05) is 37.3 Å². The van der Waals surface area contributed by atoms with Gasteiger partial charge in [-0.2, -0.15) is 0 Å². The Morgan fingerprint density at radius 3 is 2.65 bits per heavy atom. The maximum atomic E-state index is 11.7. The number of nitrogens with two attached hydrogens (primary N) is 1. The zero-order chi connectivity index (χ0) is 12.7. The molecule has 4 N–H and O–H groups in total. The molecule has 0 fully saturated rings. The van der Waals surface area contributed by atoms with Crippen molar-refractivity contribution in [2.24, 2.45) is 5.73 Å². The van der Waals surface area contributed by atoms with Crippen LogP contribution < -0.4 is 11.1 Å². The molecule has 0 spiro atoms. The summed E-state index contributed by atoms with van der Waals surface area (Å²) in [4.78, 5) is 11.7. The molecule has 0 aliphatic carbocycles. The average Bonchev–Trinajstić information content (AvgIpc) is 2.30. The Morgan fingerprint density at radius 1 is 1.41 bits per heavy atom. The van der Waals surface area contributed by atoms with Gasteiger partial charge >= 0.3 is 0 Å². The Bertz CT molecular complexity index is 341. The third-order valence-electron chi connectivity index (χ3n) is 2.59. The van der Waals surface area contributed by atoms with E-state index in [2.05, 4.69) is 5.32 Å². The number of hydrogen-bond acceptors (Lipinski definition) is 3. The van der Waals surface area contributed by atoms with Crippen LogP contribution in [0.5, 0.6) is 0 Å². The van der Waals surface area contributed by atoms with Crippen LogP contribution in [0.15, 0.2) is 30.3 Å². The Kier molecular flexibility index (Phi) is 5.66. The average molecular weight is 236 g/mol. The van der Waals surface area contributed by atoms with Gasteiger partial charge in [-0.3, -0.25) is 4.79 Å². The molecule has 2 atom stereocenters. The normalized spacial score (nSPS) is 14.1. The lowest BCUT2D eigenvalue weighted by Crippen LogP contribution is -2.45. The van der Waals surface area contributed by atoms with Crippen LogP contribution in [-0.2, 0) is 11.2 Å². The molecule has 4 heteroatoms. The molecule has 17 heavy (non-hydrogen) atoms. The van der Waals surface area contributed by atoms with Gasteiger partial charge in [0.1, 0.15) is 0 Å². The molecule has 4 nitrogen and oxygen atoms in total. The topological polar surface area (TPSA) is 75.3 Å². The third kappa shape index (κ3) is 4.97. The number of carbonyl (C=O) groups is 1. The van der Waals surface area contributed by atoms with E-state index < -0.39 is 6.04 Å². The van der Waals surface area contributed by atoms with Crippen LogP contribution in [0.2, 0.25) is 0 Å². The summed E-state index contributed by atoms with van der Waals surface area (Å²) in [6.45, 7) is 1.92. The van der Waals surface area contributed by atoms with Gasteiger partial charge in [0, 0.05) is 12.6 Å². The van der Waals surface area contributed by atoms with Gasteiger partial charge in [-0.15, -0.1) is 0 Å². The first-order valence-electron chi connectivity index (χ1n) is 5.84. The highest BCUT2D eigenvalue weighted by molar-refractivity contribution is 5.82. The van der Waals surface area contributed by atoms with Crippen molar-refractivity contribution in [1.29, 1.82) is 0 Å². The summed E-state index contributed by atoms with van der Waals surface area (Å²) in [5.41, 5.74) is 6.87. The highest BCUT2D eigenvalue weighted by Gasteiger charge is 2.15. The number of rotatable bonds is 6. The van der Waals surface area contributed by atoms with Gasteiger partial charge in [-0.05, 0) is 25.3 Å². The fourth-order valence-corrected chi connectivity index (χ4v) is 1.58. The molecule has 1 aromatic carbocycles. The second-order valence-electron chi connectivity index (χ2n) is 4.22. The number of amides is 1. The molecule has 0 heterocycles. The van der Waals surface area contributed by atoms with Crippen LogP contribution in [0.4, 0.5) is 0 Å². The SMILES string of the molecule is CC(CCO)NC(=O)[C@H](N)Cc1ccccc1. The van der Waals surface area contributed by atoms with Gasteiger partial charge in [0.05, 0.1) is 6.04 Å². The second kappa shape index (κ2) is 7.04. The predicted octanol–water partition coefficient (Wildman–Crippen LogP) is 0.444. The van der Waals surface area contributed by atoms with Crippen molar-refractivity contribution in [2.75, 3.05) is 6.61 Å². The van der Waals surface area contributed by atoms with Crippen molar-refractivity contribution >= 4 is 5.91 Å². The smallest absolute Gasteiger partial charge is 0.237 e. The van der Waals surface area contributed by atoms with E-state index in [9.17, 15) is 4.79 Å². The van der Waals surface area contributed by atoms with Gasteiger partial charge in [0.2, 0.25) is 5.91 Å². The van der Waals surface area contributed by atoms with E-state index in [1.54, 1.807) is 0 Å². The highest BCUT2D eigenvalue weighted by Crippen LogP contribution is 2.02. The van der Waals surface area contributed by atoms with Crippen molar-refractivity contribution in [2.45, 2.75) is 31.8 Å². The Hall–Kier alpha value is -1.39. The van der Waals surface area contributed by atoms with E-state index in [0.29, 0.717) is 12.8 Å². The van der Waals surface area contributed by atoms with Crippen molar-refractivity contribution in [1.82, 2.24) is 5.32 Å². The summed E-state index contributed by atoms with van der Waals surface area (Å²) in [6, 6.07) is 9.09. The third-order valence-corrected chi connectivity index (χ3v) is 2.59. The van der Waals surface area contributed by atoms with E-state index in [4.69, 9.17) is 10.8 Å². The number of nitrogens with one attached hydrogen (secondary N) is 1. The molecule has 1 amide bonds. The first kappa shape index (κ1) is 13.7. The fourth-order valence-electron chi connectivity index (χ4n) is 1.58. The molecule has 0 bridgehead atoms. The molecule has 1 aromatic rings. The fraction of sp³-hybridized carbons (Fsp3) is 0.462. The number of aliphatic hydroxyl groups excluding tert-OH is 1. The number of aliphatic hydroxyl groups is 1. The van der Waals surface area contributed by atoms with Crippen LogP contribution >= 0.6 is 0 Å². The summed E-state index contributed by atoms with van der Waals surface area (Å²) in [6.07, 6.45) is 1.07. The number of benzene rings is 1. The molecule has 0 aliphatic rings. The standard InChI is InChI=1S/C13H20N2O2/c1-10(7-8-16)15-13(17)12(14)9-11-5-3-2-4-6-11/h2-6,10,12,16H,7-9,14H2,1H3,(H,15,17)/t10?,12-/m1/s1. The molecule has 0 radical (unpaired) electrons. The summed E-state index contributed by atoms with van der Waals surface area (Å²) in [5.74, 6) is -0.171.